The Labute approximate surface area is 184 Å². The Morgan fingerprint density at radius 3 is 2.65 bits per heavy atom. The van der Waals surface area contributed by atoms with Crippen LogP contribution in [0.25, 0.3) is 0 Å². The van der Waals surface area contributed by atoms with Crippen molar-refractivity contribution >= 4 is 17.7 Å². The molecule has 0 spiro atoms. The summed E-state index contributed by atoms with van der Waals surface area (Å²) in [6.45, 7) is 6.88. The standard InChI is InChI=1S/C24H37NO6/c1-14-15(12-20(28)31-11-10-25-4)6-7-16-21(14)17(26)13-18-23(16,2)9-8-19(27)24(18,3)22(29)30-5/h12,14,16,18-19,21,25,27H,6-11,13H2,1-5H3/b15-12+/t14-,16-,18+,19-,21-,23+,24+/m0/s1. The highest BCUT2D eigenvalue weighted by molar-refractivity contribution is 5.87. The number of rotatable bonds is 5. The van der Waals surface area contributed by atoms with E-state index >= 15 is 0 Å². The molecule has 0 heterocycles. The molecule has 3 aliphatic rings. The minimum Gasteiger partial charge on any atom is -0.469 e. The van der Waals surface area contributed by atoms with Crippen molar-refractivity contribution in [2.75, 3.05) is 27.3 Å². The second-order valence-corrected chi connectivity index (χ2v) is 10.0. The average Bonchev–Trinajstić information content (AvgIpc) is 2.74. The normalized spacial score (nSPS) is 41.3. The van der Waals surface area contributed by atoms with Gasteiger partial charge in [-0.2, -0.15) is 0 Å². The van der Waals surface area contributed by atoms with Crippen molar-refractivity contribution in [1.29, 1.82) is 0 Å². The lowest BCUT2D eigenvalue weighted by molar-refractivity contribution is -0.197. The molecule has 0 saturated heterocycles. The Morgan fingerprint density at radius 1 is 1.29 bits per heavy atom. The van der Waals surface area contributed by atoms with Crippen molar-refractivity contribution < 1.29 is 29.0 Å². The summed E-state index contributed by atoms with van der Waals surface area (Å²) < 4.78 is 10.3. The van der Waals surface area contributed by atoms with Crippen LogP contribution in [0.1, 0.15) is 52.9 Å². The second kappa shape index (κ2) is 9.02. The van der Waals surface area contributed by atoms with Gasteiger partial charge in [0.25, 0.3) is 0 Å². The lowest BCUT2D eigenvalue weighted by atomic mass is 9.42. The number of carbonyl (C=O) groups is 3. The van der Waals surface area contributed by atoms with Gasteiger partial charge in [0.1, 0.15) is 12.4 Å². The van der Waals surface area contributed by atoms with Gasteiger partial charge in [-0.15, -0.1) is 0 Å². The first-order valence-electron chi connectivity index (χ1n) is 11.4. The number of nitrogens with one attached hydrogen (secondary N) is 1. The van der Waals surface area contributed by atoms with E-state index in [4.69, 9.17) is 9.47 Å². The first-order valence-corrected chi connectivity index (χ1v) is 11.4. The number of fused-ring (bicyclic) bond motifs is 3. The molecule has 0 aromatic carbocycles. The first-order chi connectivity index (χ1) is 14.6. The van der Waals surface area contributed by atoms with E-state index in [0.29, 0.717) is 19.6 Å². The number of hydrogen-bond acceptors (Lipinski definition) is 7. The summed E-state index contributed by atoms with van der Waals surface area (Å²) in [5, 5.41) is 13.7. The van der Waals surface area contributed by atoms with Crippen LogP contribution >= 0.6 is 0 Å². The van der Waals surface area contributed by atoms with Crippen molar-refractivity contribution in [3.8, 4) is 0 Å². The molecular formula is C24H37NO6. The van der Waals surface area contributed by atoms with E-state index in [1.807, 2.05) is 6.92 Å². The Hall–Kier alpha value is -1.73. The zero-order chi connectivity index (χ0) is 23.0. The van der Waals surface area contributed by atoms with Gasteiger partial charge < -0.3 is 19.9 Å². The molecule has 174 valence electrons. The number of ketones is 1. The molecule has 0 unspecified atom stereocenters. The van der Waals surface area contributed by atoms with E-state index in [1.165, 1.54) is 7.11 Å². The second-order valence-electron chi connectivity index (χ2n) is 10.0. The zero-order valence-electron chi connectivity index (χ0n) is 19.4. The molecule has 0 aromatic heterocycles. The molecule has 0 aliphatic heterocycles. The predicted molar refractivity (Wildman–Crippen MR) is 115 cm³/mol. The van der Waals surface area contributed by atoms with E-state index in [0.717, 1.165) is 24.8 Å². The molecule has 31 heavy (non-hydrogen) atoms. The summed E-state index contributed by atoms with van der Waals surface area (Å²) in [6, 6.07) is 0. The molecule has 0 aromatic rings. The fraction of sp³-hybridized carbons (Fsp3) is 0.792. The third kappa shape index (κ3) is 3.95. The highest BCUT2D eigenvalue weighted by Crippen LogP contribution is 2.64. The van der Waals surface area contributed by atoms with Gasteiger partial charge in [-0.05, 0) is 62.8 Å². The van der Waals surface area contributed by atoms with Gasteiger partial charge in [0, 0.05) is 25.0 Å². The molecule has 3 saturated carbocycles. The third-order valence-corrected chi connectivity index (χ3v) is 8.62. The minimum absolute atomic E-state index is 0.0443. The number of Topliss-reactive ketones (excluding diaryl/α,β-unsaturated/α-hetero) is 1. The van der Waals surface area contributed by atoms with Gasteiger partial charge >= 0.3 is 11.9 Å². The number of hydrogen-bond donors (Lipinski definition) is 2. The number of esters is 2. The molecule has 7 heteroatoms. The van der Waals surface area contributed by atoms with E-state index in [2.05, 4.69) is 12.2 Å². The Kier molecular flexibility index (Phi) is 6.96. The Bertz CT molecular complexity index is 763. The average molecular weight is 436 g/mol. The fourth-order valence-electron chi connectivity index (χ4n) is 6.77. The Balaban J connectivity index is 1.87. The van der Waals surface area contributed by atoms with Gasteiger partial charge in [-0.25, -0.2) is 4.79 Å². The molecule has 7 atom stereocenters. The molecule has 3 rings (SSSR count). The van der Waals surface area contributed by atoms with Crippen LogP contribution in [0.5, 0.6) is 0 Å². The number of methoxy groups -OCH3 is 1. The van der Waals surface area contributed by atoms with Gasteiger partial charge in [-0.1, -0.05) is 19.4 Å². The summed E-state index contributed by atoms with van der Waals surface area (Å²) >= 11 is 0. The van der Waals surface area contributed by atoms with Gasteiger partial charge in [0.05, 0.1) is 18.6 Å². The smallest absolute Gasteiger partial charge is 0.330 e. The van der Waals surface area contributed by atoms with E-state index < -0.39 is 17.5 Å². The maximum absolute atomic E-state index is 13.4. The summed E-state index contributed by atoms with van der Waals surface area (Å²) in [4.78, 5) is 38.4. The quantitative estimate of drug-likeness (QED) is 0.388. The number of aliphatic hydroxyl groups is 1. The molecule has 0 radical (unpaired) electrons. The minimum atomic E-state index is -1.08. The van der Waals surface area contributed by atoms with Crippen LogP contribution in [-0.4, -0.2) is 56.2 Å². The maximum Gasteiger partial charge on any atom is 0.330 e. The maximum atomic E-state index is 13.4. The number of aliphatic hydroxyl groups excluding tert-OH is 1. The van der Waals surface area contributed by atoms with Crippen LogP contribution in [0.3, 0.4) is 0 Å². The lowest BCUT2D eigenvalue weighted by Crippen LogP contribution is -2.63. The summed E-state index contributed by atoms with van der Waals surface area (Å²) in [5.74, 6) is -1.03. The van der Waals surface area contributed by atoms with Crippen LogP contribution in [0, 0.1) is 34.5 Å². The van der Waals surface area contributed by atoms with Crippen molar-refractivity contribution in [1.82, 2.24) is 5.32 Å². The number of carbonyl (C=O) groups excluding carboxylic acids is 3. The van der Waals surface area contributed by atoms with Crippen molar-refractivity contribution in [3.63, 3.8) is 0 Å². The van der Waals surface area contributed by atoms with Crippen LogP contribution in [0.2, 0.25) is 0 Å². The number of ether oxygens (including phenoxy) is 2. The van der Waals surface area contributed by atoms with Crippen LogP contribution in [0.4, 0.5) is 0 Å². The van der Waals surface area contributed by atoms with E-state index in [-0.39, 0.29) is 47.3 Å². The summed E-state index contributed by atoms with van der Waals surface area (Å²) in [7, 11) is 3.14. The molecule has 7 nitrogen and oxygen atoms in total. The summed E-state index contributed by atoms with van der Waals surface area (Å²) in [6.07, 6.45) is 3.83. The van der Waals surface area contributed by atoms with Crippen molar-refractivity contribution in [2.24, 2.45) is 34.5 Å². The largest absolute Gasteiger partial charge is 0.469 e. The molecular weight excluding hydrogens is 398 g/mol. The predicted octanol–water partition coefficient (Wildman–Crippen LogP) is 2.27. The fourth-order valence-corrected chi connectivity index (χ4v) is 6.77. The van der Waals surface area contributed by atoms with Crippen LogP contribution in [-0.2, 0) is 23.9 Å². The van der Waals surface area contributed by atoms with E-state index in [1.54, 1.807) is 20.0 Å². The Morgan fingerprint density at radius 2 is 2.00 bits per heavy atom. The highest BCUT2D eigenvalue weighted by Gasteiger charge is 2.65. The topological polar surface area (TPSA) is 102 Å². The van der Waals surface area contributed by atoms with Gasteiger partial charge in [0.2, 0.25) is 0 Å². The third-order valence-electron chi connectivity index (χ3n) is 8.62. The molecule has 0 amide bonds. The highest BCUT2D eigenvalue weighted by atomic mass is 16.5. The van der Waals surface area contributed by atoms with Gasteiger partial charge in [-0.3, -0.25) is 9.59 Å². The molecule has 3 fully saturated rings. The van der Waals surface area contributed by atoms with Crippen molar-refractivity contribution in [3.05, 3.63) is 11.6 Å². The molecule has 2 N–H and O–H groups in total. The number of likely N-dealkylation sites (N-methyl/N-ethyl adjacent to an activating group) is 1. The monoisotopic (exact) mass is 435 g/mol. The zero-order valence-corrected chi connectivity index (χ0v) is 19.4. The van der Waals surface area contributed by atoms with E-state index in [9.17, 15) is 19.5 Å². The summed E-state index contributed by atoms with van der Waals surface area (Å²) in [5.41, 5.74) is -0.357. The lowest BCUT2D eigenvalue weighted by Gasteiger charge is -2.61. The SMILES string of the molecule is CNCCOC(=O)/C=C1\CC[C@H]2[C@@H](C(=O)C[C@@H]3[C@]2(C)CC[C@H](O)[C@]3(C)C(=O)OC)[C@H]1C. The number of allylic oxidation sites excluding steroid dienone is 1. The van der Waals surface area contributed by atoms with Crippen LogP contribution < -0.4 is 5.32 Å². The van der Waals surface area contributed by atoms with Crippen LogP contribution in [0.15, 0.2) is 11.6 Å². The van der Waals surface area contributed by atoms with Gasteiger partial charge in [0.15, 0.2) is 0 Å². The molecule has 3 aliphatic carbocycles. The first kappa shape index (κ1) is 23.9. The molecule has 0 bridgehead atoms. The van der Waals surface area contributed by atoms with Crippen molar-refractivity contribution in [2.45, 2.75) is 59.0 Å².